The lowest BCUT2D eigenvalue weighted by molar-refractivity contribution is -0.0604. The number of rotatable bonds is 1. The van der Waals surface area contributed by atoms with Gasteiger partial charge < -0.3 is 10.2 Å². The van der Waals surface area contributed by atoms with Gasteiger partial charge in [0.15, 0.2) is 0 Å². The topological polar surface area (TPSA) is 32.3 Å². The van der Waals surface area contributed by atoms with Crippen LogP contribution >= 0.6 is 0 Å². The monoisotopic (exact) mass is 206 g/mol. The lowest BCUT2D eigenvalue weighted by Crippen LogP contribution is -2.52. The fourth-order valence-corrected chi connectivity index (χ4v) is 1.55. The van der Waals surface area contributed by atoms with E-state index in [4.69, 9.17) is 0 Å². The first kappa shape index (κ1) is 11.2. The van der Waals surface area contributed by atoms with Gasteiger partial charge in [-0.1, -0.05) is 6.42 Å². The third-order valence-electron chi connectivity index (χ3n) is 2.47. The molecule has 0 spiro atoms. The summed E-state index contributed by atoms with van der Waals surface area (Å²) in [5.41, 5.74) is 0. The van der Waals surface area contributed by atoms with Crippen LogP contribution in [-0.2, 0) is 0 Å². The lowest BCUT2D eigenvalue weighted by Gasteiger charge is -2.32. The first-order chi connectivity index (χ1) is 6.43. The number of hydrogen-bond acceptors (Lipinski definition) is 1. The highest BCUT2D eigenvalue weighted by atomic mass is 19.3. The maximum absolute atomic E-state index is 13.3. The highest BCUT2D eigenvalue weighted by Crippen LogP contribution is 2.33. The van der Waals surface area contributed by atoms with Crippen molar-refractivity contribution < 1.29 is 13.6 Å². The van der Waals surface area contributed by atoms with E-state index < -0.39 is 18.0 Å². The van der Waals surface area contributed by atoms with Crippen molar-refractivity contribution in [1.82, 2.24) is 10.2 Å². The Bertz CT molecular complexity index is 219. The Kier molecular flexibility index (Phi) is 3.29. The van der Waals surface area contributed by atoms with Gasteiger partial charge in [-0.25, -0.2) is 13.6 Å². The van der Waals surface area contributed by atoms with Gasteiger partial charge in [-0.2, -0.15) is 0 Å². The van der Waals surface area contributed by atoms with E-state index in [9.17, 15) is 13.6 Å². The number of carbonyl (C=O) groups excluding carboxylic acids is 1. The van der Waals surface area contributed by atoms with E-state index in [0.29, 0.717) is 12.8 Å². The molecule has 0 aromatic heterocycles. The van der Waals surface area contributed by atoms with E-state index in [1.165, 1.54) is 19.0 Å². The second-order valence-electron chi connectivity index (χ2n) is 3.90. The standard InChI is InChI=1S/C9H16F2N2O/c1-13(2)8(14)12-7-5-3-4-6-9(7,10)11/h7H,3-6H2,1-2H3,(H,12,14). The van der Waals surface area contributed by atoms with Crippen LogP contribution in [0.3, 0.4) is 0 Å². The van der Waals surface area contributed by atoms with Crippen LogP contribution in [-0.4, -0.2) is 37.0 Å². The van der Waals surface area contributed by atoms with Gasteiger partial charge in [-0.15, -0.1) is 0 Å². The van der Waals surface area contributed by atoms with Crippen LogP contribution in [0.15, 0.2) is 0 Å². The average Bonchev–Trinajstić information content (AvgIpc) is 2.08. The molecule has 1 fully saturated rings. The van der Waals surface area contributed by atoms with Crippen molar-refractivity contribution in [1.29, 1.82) is 0 Å². The Morgan fingerprint density at radius 2 is 2.07 bits per heavy atom. The third-order valence-corrected chi connectivity index (χ3v) is 2.47. The van der Waals surface area contributed by atoms with Crippen LogP contribution in [0.25, 0.3) is 0 Å². The van der Waals surface area contributed by atoms with Crippen molar-refractivity contribution in [2.24, 2.45) is 0 Å². The Morgan fingerprint density at radius 1 is 1.43 bits per heavy atom. The lowest BCUT2D eigenvalue weighted by atomic mass is 9.92. The molecule has 1 aliphatic rings. The molecule has 0 radical (unpaired) electrons. The fourth-order valence-electron chi connectivity index (χ4n) is 1.55. The quantitative estimate of drug-likeness (QED) is 0.697. The Hall–Kier alpha value is -0.870. The van der Waals surface area contributed by atoms with Crippen LogP contribution < -0.4 is 5.32 Å². The average molecular weight is 206 g/mol. The van der Waals surface area contributed by atoms with Crippen molar-refractivity contribution in [3.05, 3.63) is 0 Å². The van der Waals surface area contributed by atoms with E-state index in [2.05, 4.69) is 5.32 Å². The molecule has 1 rings (SSSR count). The minimum atomic E-state index is -2.75. The number of nitrogens with zero attached hydrogens (tertiary/aromatic N) is 1. The zero-order valence-corrected chi connectivity index (χ0v) is 8.52. The van der Waals surface area contributed by atoms with Crippen LogP contribution in [0.4, 0.5) is 13.6 Å². The number of hydrogen-bond donors (Lipinski definition) is 1. The van der Waals surface area contributed by atoms with Gasteiger partial charge in [0, 0.05) is 20.5 Å². The first-order valence-electron chi connectivity index (χ1n) is 4.79. The number of nitrogens with one attached hydrogen (secondary N) is 1. The van der Waals surface area contributed by atoms with Gasteiger partial charge in [0.2, 0.25) is 0 Å². The van der Waals surface area contributed by atoms with E-state index in [1.54, 1.807) is 0 Å². The molecule has 0 saturated heterocycles. The van der Waals surface area contributed by atoms with Gasteiger partial charge in [-0.3, -0.25) is 0 Å². The molecule has 1 saturated carbocycles. The minimum Gasteiger partial charge on any atom is -0.331 e. The number of urea groups is 1. The van der Waals surface area contributed by atoms with Crippen molar-refractivity contribution in [3.63, 3.8) is 0 Å². The predicted molar refractivity (Wildman–Crippen MR) is 49.4 cm³/mol. The summed E-state index contributed by atoms with van der Waals surface area (Å²) in [6.07, 6.45) is 1.55. The van der Waals surface area contributed by atoms with Crippen molar-refractivity contribution >= 4 is 6.03 Å². The highest BCUT2D eigenvalue weighted by Gasteiger charge is 2.42. The number of alkyl halides is 2. The molecule has 2 amide bonds. The molecule has 3 nitrogen and oxygen atoms in total. The Morgan fingerprint density at radius 3 is 2.57 bits per heavy atom. The second kappa shape index (κ2) is 4.11. The second-order valence-corrected chi connectivity index (χ2v) is 3.90. The normalized spacial score (nSPS) is 25.6. The molecule has 1 N–H and O–H groups in total. The van der Waals surface area contributed by atoms with Gasteiger partial charge >= 0.3 is 6.03 Å². The van der Waals surface area contributed by atoms with Gasteiger partial charge in [0.1, 0.15) is 0 Å². The summed E-state index contributed by atoms with van der Waals surface area (Å²) in [5.74, 6) is -2.75. The number of carbonyl (C=O) groups is 1. The largest absolute Gasteiger partial charge is 0.331 e. The summed E-state index contributed by atoms with van der Waals surface area (Å²) in [6.45, 7) is 0. The van der Waals surface area contributed by atoms with Crippen molar-refractivity contribution in [2.75, 3.05) is 14.1 Å². The molecule has 1 unspecified atom stereocenters. The molecule has 0 heterocycles. The molecule has 0 aromatic carbocycles. The van der Waals surface area contributed by atoms with Crippen molar-refractivity contribution in [2.45, 2.75) is 37.6 Å². The fraction of sp³-hybridized carbons (Fsp3) is 0.889. The summed E-state index contributed by atoms with van der Waals surface area (Å²) >= 11 is 0. The van der Waals surface area contributed by atoms with Crippen LogP contribution in [0.5, 0.6) is 0 Å². The Balaban J connectivity index is 2.54. The molecule has 14 heavy (non-hydrogen) atoms. The van der Waals surface area contributed by atoms with E-state index in [-0.39, 0.29) is 6.42 Å². The summed E-state index contributed by atoms with van der Waals surface area (Å²) in [7, 11) is 3.08. The third kappa shape index (κ3) is 2.56. The molecule has 1 atom stereocenters. The predicted octanol–water partition coefficient (Wildman–Crippen LogP) is 1.84. The molecular formula is C9H16F2N2O. The molecular weight excluding hydrogens is 190 g/mol. The number of halogens is 2. The van der Waals surface area contributed by atoms with Gasteiger partial charge in [-0.05, 0) is 12.8 Å². The van der Waals surface area contributed by atoms with Crippen molar-refractivity contribution in [3.8, 4) is 0 Å². The Labute approximate surface area is 82.5 Å². The SMILES string of the molecule is CN(C)C(=O)NC1CCCCC1(F)F. The van der Waals surface area contributed by atoms with E-state index in [0.717, 1.165) is 6.42 Å². The van der Waals surface area contributed by atoms with E-state index >= 15 is 0 Å². The van der Waals surface area contributed by atoms with Gasteiger partial charge in [0.25, 0.3) is 5.92 Å². The van der Waals surface area contributed by atoms with Gasteiger partial charge in [0.05, 0.1) is 6.04 Å². The molecule has 82 valence electrons. The number of amides is 2. The van der Waals surface area contributed by atoms with Crippen LogP contribution in [0, 0.1) is 0 Å². The maximum atomic E-state index is 13.3. The summed E-state index contributed by atoms with van der Waals surface area (Å²) < 4.78 is 26.5. The molecule has 5 heteroatoms. The zero-order chi connectivity index (χ0) is 10.8. The molecule has 0 bridgehead atoms. The molecule has 0 aromatic rings. The summed E-state index contributed by atoms with van der Waals surface area (Å²) in [6, 6.07) is -1.44. The summed E-state index contributed by atoms with van der Waals surface area (Å²) in [4.78, 5) is 12.4. The van der Waals surface area contributed by atoms with E-state index in [1.807, 2.05) is 0 Å². The molecule has 1 aliphatic carbocycles. The molecule has 0 aliphatic heterocycles. The zero-order valence-electron chi connectivity index (χ0n) is 8.52. The van der Waals surface area contributed by atoms with Crippen LogP contribution in [0.1, 0.15) is 25.7 Å². The van der Waals surface area contributed by atoms with Crippen LogP contribution in [0.2, 0.25) is 0 Å². The minimum absolute atomic E-state index is 0.120. The smallest absolute Gasteiger partial charge is 0.317 e. The summed E-state index contributed by atoms with van der Waals surface area (Å²) in [5, 5.41) is 2.35. The highest BCUT2D eigenvalue weighted by molar-refractivity contribution is 5.73. The maximum Gasteiger partial charge on any atom is 0.317 e. The first-order valence-corrected chi connectivity index (χ1v) is 4.79.